The summed E-state index contributed by atoms with van der Waals surface area (Å²) in [7, 11) is 0. The van der Waals surface area contributed by atoms with Crippen molar-refractivity contribution in [1.29, 1.82) is 0 Å². The van der Waals surface area contributed by atoms with Crippen molar-refractivity contribution in [3.63, 3.8) is 0 Å². The number of hydrogen-bond acceptors (Lipinski definition) is 3. The first-order valence-corrected chi connectivity index (χ1v) is 5.05. The van der Waals surface area contributed by atoms with E-state index in [1.54, 1.807) is 6.20 Å². The van der Waals surface area contributed by atoms with Crippen LogP contribution in [0, 0.1) is 0 Å². The Labute approximate surface area is 89.6 Å². The molecule has 2 rings (SSSR count). The molecular weight excluding hydrogens is 188 g/mol. The van der Waals surface area contributed by atoms with Gasteiger partial charge >= 0.3 is 0 Å². The third-order valence-electron chi connectivity index (χ3n) is 2.65. The quantitative estimate of drug-likeness (QED) is 0.698. The Kier molecular flexibility index (Phi) is 2.72. The Balaban J connectivity index is 2.24. The molecular formula is C12H14N2O. The molecule has 0 aliphatic carbocycles. The minimum Gasteiger partial charge on any atom is -0.301 e. The van der Waals surface area contributed by atoms with Gasteiger partial charge in [0.1, 0.15) is 12.3 Å². The Morgan fingerprint density at radius 2 is 2.07 bits per heavy atom. The van der Waals surface area contributed by atoms with Crippen LogP contribution in [0.3, 0.4) is 0 Å². The van der Waals surface area contributed by atoms with Crippen molar-refractivity contribution < 1.29 is 4.79 Å². The summed E-state index contributed by atoms with van der Waals surface area (Å²) in [4.78, 5) is 10.8. The number of nitrogens with zero attached hydrogens (tertiary/aromatic N) is 2. The number of benzene rings is 1. The number of hydrogen-bond donors (Lipinski definition) is 0. The van der Waals surface area contributed by atoms with Crippen molar-refractivity contribution in [1.82, 2.24) is 5.01 Å². The summed E-state index contributed by atoms with van der Waals surface area (Å²) in [6.45, 7) is 4.60. The summed E-state index contributed by atoms with van der Waals surface area (Å²) in [5.41, 5.74) is 1.10. The van der Waals surface area contributed by atoms with Gasteiger partial charge in [-0.3, -0.25) is 10.0 Å². The minimum absolute atomic E-state index is 0.0669. The third kappa shape index (κ3) is 1.73. The van der Waals surface area contributed by atoms with E-state index in [4.69, 9.17) is 0 Å². The van der Waals surface area contributed by atoms with Gasteiger partial charge in [-0.05, 0) is 18.6 Å². The molecule has 0 radical (unpaired) electrons. The fraction of sp³-hybridized carbons (Fsp3) is 0.250. The Morgan fingerprint density at radius 1 is 1.33 bits per heavy atom. The second kappa shape index (κ2) is 4.17. The van der Waals surface area contributed by atoms with Crippen molar-refractivity contribution in [2.24, 2.45) is 0 Å². The largest absolute Gasteiger partial charge is 0.301 e. The molecule has 0 saturated carbocycles. The van der Waals surface area contributed by atoms with Crippen LogP contribution in [0.1, 0.15) is 6.42 Å². The molecule has 0 spiro atoms. The van der Waals surface area contributed by atoms with Crippen molar-refractivity contribution in [3.8, 4) is 0 Å². The number of anilines is 1. The lowest BCUT2D eigenvalue weighted by Gasteiger charge is -2.30. The summed E-state index contributed by atoms with van der Waals surface area (Å²) in [5.74, 6) is 0. The predicted octanol–water partition coefficient (Wildman–Crippen LogP) is 1.82. The van der Waals surface area contributed by atoms with Crippen LogP contribution in [0.2, 0.25) is 0 Å². The van der Waals surface area contributed by atoms with Crippen LogP contribution in [-0.4, -0.2) is 23.9 Å². The van der Waals surface area contributed by atoms with Gasteiger partial charge in [0, 0.05) is 12.7 Å². The molecule has 0 N–H and O–H groups in total. The lowest BCUT2D eigenvalue weighted by Crippen LogP contribution is -2.37. The number of para-hydroxylation sites is 1. The maximum atomic E-state index is 10.8. The molecule has 1 aromatic carbocycles. The predicted molar refractivity (Wildman–Crippen MR) is 60.3 cm³/mol. The van der Waals surface area contributed by atoms with E-state index in [2.05, 4.69) is 11.6 Å². The van der Waals surface area contributed by atoms with Crippen molar-refractivity contribution in [3.05, 3.63) is 43.1 Å². The number of aldehydes is 1. The van der Waals surface area contributed by atoms with E-state index in [-0.39, 0.29) is 6.04 Å². The molecule has 1 saturated heterocycles. The van der Waals surface area contributed by atoms with Gasteiger partial charge in [0.2, 0.25) is 0 Å². The van der Waals surface area contributed by atoms with E-state index in [1.165, 1.54) is 0 Å². The van der Waals surface area contributed by atoms with E-state index >= 15 is 0 Å². The third-order valence-corrected chi connectivity index (χ3v) is 2.65. The lowest BCUT2D eigenvalue weighted by molar-refractivity contribution is -0.110. The fourth-order valence-electron chi connectivity index (χ4n) is 1.91. The molecule has 0 bridgehead atoms. The highest BCUT2D eigenvalue weighted by atomic mass is 16.1. The molecule has 1 aliphatic rings. The first-order chi connectivity index (χ1) is 7.36. The zero-order valence-electron chi connectivity index (χ0n) is 8.54. The maximum Gasteiger partial charge on any atom is 0.144 e. The summed E-state index contributed by atoms with van der Waals surface area (Å²) >= 11 is 0. The van der Waals surface area contributed by atoms with Crippen LogP contribution in [0.15, 0.2) is 43.1 Å². The Morgan fingerprint density at radius 3 is 2.67 bits per heavy atom. The highest BCUT2D eigenvalue weighted by molar-refractivity contribution is 5.61. The smallest absolute Gasteiger partial charge is 0.144 e. The van der Waals surface area contributed by atoms with Crippen LogP contribution in [0.5, 0.6) is 0 Å². The Hall–Kier alpha value is -1.77. The standard InChI is InChI=1S/C12H14N2O/c1-2-13-12(10-15)8-9-14(13)11-6-4-3-5-7-11/h2-7,10,12H,1,8-9H2. The second-order valence-electron chi connectivity index (χ2n) is 3.51. The second-order valence-corrected chi connectivity index (χ2v) is 3.51. The fourth-order valence-corrected chi connectivity index (χ4v) is 1.91. The molecule has 1 atom stereocenters. The Bertz CT molecular complexity index is 350. The van der Waals surface area contributed by atoms with Crippen molar-refractivity contribution in [2.45, 2.75) is 12.5 Å². The molecule has 1 aromatic rings. The van der Waals surface area contributed by atoms with Crippen LogP contribution >= 0.6 is 0 Å². The van der Waals surface area contributed by atoms with E-state index in [9.17, 15) is 4.79 Å². The highest BCUT2D eigenvalue weighted by Gasteiger charge is 2.28. The first kappa shape index (κ1) is 9.77. The molecule has 1 fully saturated rings. The molecule has 3 nitrogen and oxygen atoms in total. The molecule has 3 heteroatoms. The van der Waals surface area contributed by atoms with Gasteiger partial charge in [-0.15, -0.1) is 0 Å². The SMILES string of the molecule is C=CN1C(C=O)CCN1c1ccccc1. The van der Waals surface area contributed by atoms with Gasteiger partial charge in [-0.1, -0.05) is 24.8 Å². The van der Waals surface area contributed by atoms with E-state index < -0.39 is 0 Å². The van der Waals surface area contributed by atoms with Gasteiger partial charge in [0.15, 0.2) is 0 Å². The van der Waals surface area contributed by atoms with Gasteiger partial charge in [-0.2, -0.15) is 0 Å². The number of carbonyl (C=O) groups excluding carboxylic acids is 1. The summed E-state index contributed by atoms with van der Waals surface area (Å²) in [6, 6.07) is 9.96. The van der Waals surface area contributed by atoms with Crippen molar-refractivity contribution in [2.75, 3.05) is 11.6 Å². The molecule has 0 amide bonds. The van der Waals surface area contributed by atoms with Crippen molar-refractivity contribution >= 4 is 12.0 Å². The topological polar surface area (TPSA) is 23.6 Å². The average molecular weight is 202 g/mol. The van der Waals surface area contributed by atoms with E-state index in [0.717, 1.165) is 24.9 Å². The van der Waals surface area contributed by atoms with E-state index in [1.807, 2.05) is 35.3 Å². The molecule has 1 unspecified atom stereocenters. The number of carbonyl (C=O) groups is 1. The highest BCUT2D eigenvalue weighted by Crippen LogP contribution is 2.24. The molecule has 15 heavy (non-hydrogen) atoms. The van der Waals surface area contributed by atoms with Gasteiger partial charge < -0.3 is 4.79 Å². The first-order valence-electron chi connectivity index (χ1n) is 5.05. The zero-order chi connectivity index (χ0) is 10.7. The van der Waals surface area contributed by atoms with Crippen LogP contribution in [-0.2, 0) is 4.79 Å². The molecule has 1 heterocycles. The lowest BCUT2D eigenvalue weighted by atomic mass is 10.2. The average Bonchev–Trinajstić information content (AvgIpc) is 2.72. The number of hydrazine groups is 1. The maximum absolute atomic E-state index is 10.8. The zero-order valence-corrected chi connectivity index (χ0v) is 8.54. The van der Waals surface area contributed by atoms with Gasteiger partial charge in [0.25, 0.3) is 0 Å². The summed E-state index contributed by atoms with van der Waals surface area (Å²) < 4.78 is 0. The van der Waals surface area contributed by atoms with Crippen LogP contribution < -0.4 is 5.01 Å². The summed E-state index contributed by atoms with van der Waals surface area (Å²) in [5, 5.41) is 3.97. The number of rotatable bonds is 3. The molecule has 78 valence electrons. The summed E-state index contributed by atoms with van der Waals surface area (Å²) in [6.07, 6.45) is 3.54. The molecule has 1 aliphatic heterocycles. The van der Waals surface area contributed by atoms with E-state index in [0.29, 0.717) is 0 Å². The molecule has 0 aromatic heterocycles. The van der Waals surface area contributed by atoms with Crippen LogP contribution in [0.25, 0.3) is 0 Å². The van der Waals surface area contributed by atoms with Gasteiger partial charge in [0.05, 0.1) is 5.69 Å². The minimum atomic E-state index is -0.0669. The monoisotopic (exact) mass is 202 g/mol. The van der Waals surface area contributed by atoms with Gasteiger partial charge in [-0.25, -0.2) is 0 Å². The van der Waals surface area contributed by atoms with Crippen LogP contribution in [0.4, 0.5) is 5.69 Å². The normalized spacial score (nSPS) is 20.4.